The molecule has 0 aliphatic carbocycles. The van der Waals surface area contributed by atoms with Crippen LogP contribution in [0.3, 0.4) is 0 Å². The van der Waals surface area contributed by atoms with Crippen LogP contribution in [-0.2, 0) is 17.7 Å². The summed E-state index contributed by atoms with van der Waals surface area (Å²) in [4.78, 5) is 14.2. The van der Waals surface area contributed by atoms with E-state index in [1.807, 2.05) is 25.7 Å². The van der Waals surface area contributed by atoms with E-state index in [-0.39, 0.29) is 6.09 Å². The van der Waals surface area contributed by atoms with Crippen molar-refractivity contribution in [1.82, 2.24) is 10.2 Å². The molecular weight excluding hydrogens is 300 g/mol. The van der Waals surface area contributed by atoms with Crippen LogP contribution >= 0.6 is 0 Å². The summed E-state index contributed by atoms with van der Waals surface area (Å²) in [6, 6.07) is 6.90. The zero-order valence-corrected chi connectivity index (χ0v) is 15.2. The first-order valence-corrected chi connectivity index (χ1v) is 9.23. The fraction of sp³-hybridized carbons (Fsp3) is 0.650. The first-order valence-electron chi connectivity index (χ1n) is 9.23. The van der Waals surface area contributed by atoms with Gasteiger partial charge in [0.1, 0.15) is 5.60 Å². The molecule has 0 radical (unpaired) electrons. The molecule has 1 N–H and O–H groups in total. The summed E-state index contributed by atoms with van der Waals surface area (Å²) in [6.45, 7) is 9.43. The summed E-state index contributed by atoms with van der Waals surface area (Å²) in [5, 5.41) is 3.44. The average molecular weight is 330 g/mol. The molecule has 0 aromatic heterocycles. The molecule has 0 bridgehead atoms. The fourth-order valence-electron chi connectivity index (χ4n) is 3.67. The number of nitrogens with zero attached hydrogens (tertiary/aromatic N) is 1. The van der Waals surface area contributed by atoms with Gasteiger partial charge in [-0.2, -0.15) is 0 Å². The summed E-state index contributed by atoms with van der Waals surface area (Å²) >= 11 is 0. The van der Waals surface area contributed by atoms with Crippen LogP contribution in [0.15, 0.2) is 18.2 Å². The van der Waals surface area contributed by atoms with Gasteiger partial charge in [0, 0.05) is 13.1 Å². The lowest BCUT2D eigenvalue weighted by molar-refractivity contribution is 0.0237. The average Bonchev–Trinajstić information content (AvgIpc) is 2.75. The minimum atomic E-state index is -0.439. The van der Waals surface area contributed by atoms with Crippen LogP contribution in [-0.4, -0.2) is 36.2 Å². The number of aryl methyl sites for hydroxylation is 1. The van der Waals surface area contributed by atoms with Gasteiger partial charge >= 0.3 is 6.09 Å². The Hall–Kier alpha value is -1.55. The molecule has 1 aromatic carbocycles. The van der Waals surface area contributed by atoms with Crippen molar-refractivity contribution < 1.29 is 9.53 Å². The van der Waals surface area contributed by atoms with Crippen LogP contribution in [0.5, 0.6) is 0 Å². The van der Waals surface area contributed by atoms with Crippen molar-refractivity contribution in [2.75, 3.05) is 19.6 Å². The maximum atomic E-state index is 12.4. The minimum Gasteiger partial charge on any atom is -0.444 e. The fourth-order valence-corrected chi connectivity index (χ4v) is 3.67. The lowest BCUT2D eigenvalue weighted by Gasteiger charge is -2.27. The Morgan fingerprint density at radius 2 is 1.96 bits per heavy atom. The Bertz CT molecular complexity index is 586. The third kappa shape index (κ3) is 4.29. The molecule has 4 heteroatoms. The number of nitrogens with one attached hydrogen (secondary N) is 1. The number of hydrogen-bond donors (Lipinski definition) is 1. The molecule has 0 unspecified atom stereocenters. The quantitative estimate of drug-likeness (QED) is 0.851. The van der Waals surface area contributed by atoms with Crippen molar-refractivity contribution in [2.45, 2.75) is 64.5 Å². The van der Waals surface area contributed by atoms with Crippen LogP contribution in [0.4, 0.5) is 4.79 Å². The van der Waals surface area contributed by atoms with E-state index in [0.717, 1.165) is 32.5 Å². The van der Waals surface area contributed by atoms with Gasteiger partial charge in [0.05, 0.1) is 0 Å². The maximum Gasteiger partial charge on any atom is 0.410 e. The molecule has 2 aliphatic rings. The summed E-state index contributed by atoms with van der Waals surface area (Å²) in [5.74, 6) is 0.682. The highest BCUT2D eigenvalue weighted by Crippen LogP contribution is 2.29. The molecule has 2 heterocycles. The number of piperidine rings is 1. The topological polar surface area (TPSA) is 41.6 Å². The van der Waals surface area contributed by atoms with Crippen molar-refractivity contribution in [3.63, 3.8) is 0 Å². The maximum absolute atomic E-state index is 12.4. The van der Waals surface area contributed by atoms with E-state index in [4.69, 9.17) is 4.74 Å². The third-order valence-electron chi connectivity index (χ3n) is 4.93. The molecule has 24 heavy (non-hydrogen) atoms. The number of rotatable bonds is 1. The van der Waals surface area contributed by atoms with E-state index >= 15 is 0 Å². The number of hydrogen-bond acceptors (Lipinski definition) is 3. The van der Waals surface area contributed by atoms with Crippen molar-refractivity contribution in [3.05, 3.63) is 34.9 Å². The molecule has 4 nitrogen and oxygen atoms in total. The molecule has 1 amide bonds. The van der Waals surface area contributed by atoms with Crippen LogP contribution in [0.1, 0.15) is 62.6 Å². The Morgan fingerprint density at radius 1 is 1.21 bits per heavy atom. The number of benzene rings is 1. The molecule has 1 saturated heterocycles. The van der Waals surface area contributed by atoms with Crippen molar-refractivity contribution >= 4 is 6.09 Å². The van der Waals surface area contributed by atoms with Gasteiger partial charge in [0.2, 0.25) is 0 Å². The number of ether oxygens (including phenoxy) is 1. The van der Waals surface area contributed by atoms with E-state index in [1.54, 1.807) is 0 Å². The van der Waals surface area contributed by atoms with Gasteiger partial charge in [-0.1, -0.05) is 18.2 Å². The number of carbonyl (C=O) groups is 1. The van der Waals surface area contributed by atoms with Crippen molar-refractivity contribution in [2.24, 2.45) is 0 Å². The van der Waals surface area contributed by atoms with E-state index in [2.05, 4.69) is 23.5 Å². The summed E-state index contributed by atoms with van der Waals surface area (Å²) in [5.41, 5.74) is 3.72. The third-order valence-corrected chi connectivity index (χ3v) is 4.93. The van der Waals surface area contributed by atoms with Gasteiger partial charge in [0.15, 0.2) is 0 Å². The number of carbonyl (C=O) groups excluding carboxylic acids is 1. The second kappa shape index (κ2) is 7.14. The molecule has 2 aliphatic heterocycles. The summed E-state index contributed by atoms with van der Waals surface area (Å²) < 4.78 is 5.55. The molecule has 0 atom stereocenters. The lowest BCUT2D eigenvalue weighted by Crippen LogP contribution is -2.36. The largest absolute Gasteiger partial charge is 0.444 e. The Balaban J connectivity index is 1.73. The molecule has 3 rings (SSSR count). The molecule has 132 valence electrons. The van der Waals surface area contributed by atoms with Gasteiger partial charge < -0.3 is 15.0 Å². The summed E-state index contributed by atoms with van der Waals surface area (Å²) in [7, 11) is 0. The van der Waals surface area contributed by atoms with E-state index in [9.17, 15) is 4.79 Å². The Kier molecular flexibility index (Phi) is 5.14. The molecular formula is C20H30N2O2. The van der Waals surface area contributed by atoms with Crippen molar-refractivity contribution in [1.29, 1.82) is 0 Å². The number of amides is 1. The van der Waals surface area contributed by atoms with Crippen molar-refractivity contribution in [3.8, 4) is 0 Å². The van der Waals surface area contributed by atoms with Gasteiger partial charge in [-0.3, -0.25) is 0 Å². The molecule has 1 aromatic rings. The first-order chi connectivity index (χ1) is 11.4. The zero-order valence-electron chi connectivity index (χ0n) is 15.2. The van der Waals surface area contributed by atoms with Gasteiger partial charge in [-0.15, -0.1) is 0 Å². The van der Waals surface area contributed by atoms with Crippen LogP contribution < -0.4 is 5.32 Å². The van der Waals surface area contributed by atoms with E-state index in [0.29, 0.717) is 12.5 Å². The Labute approximate surface area is 145 Å². The van der Waals surface area contributed by atoms with E-state index < -0.39 is 5.60 Å². The monoisotopic (exact) mass is 330 g/mol. The zero-order chi connectivity index (χ0) is 17.2. The molecule has 0 saturated carbocycles. The lowest BCUT2D eigenvalue weighted by atomic mass is 9.87. The first kappa shape index (κ1) is 17.3. The highest BCUT2D eigenvalue weighted by Gasteiger charge is 2.25. The smallest absolute Gasteiger partial charge is 0.410 e. The summed E-state index contributed by atoms with van der Waals surface area (Å²) in [6.07, 6.45) is 4.30. The van der Waals surface area contributed by atoms with E-state index in [1.165, 1.54) is 29.5 Å². The van der Waals surface area contributed by atoms with Crippen LogP contribution in [0.25, 0.3) is 0 Å². The predicted molar refractivity (Wildman–Crippen MR) is 96.3 cm³/mol. The normalized spacial score (nSPS) is 19.5. The minimum absolute atomic E-state index is 0.196. The highest BCUT2D eigenvalue weighted by atomic mass is 16.6. The standard InChI is InChI=1S/C20H30N2O2/c1-20(2,3)24-19(23)22-12-4-5-16-13-17(6-7-18(16)14-22)15-8-10-21-11-9-15/h6-7,13,15,21H,4-5,8-12,14H2,1-3H3. The van der Waals surface area contributed by atoms with Crippen LogP contribution in [0.2, 0.25) is 0 Å². The second-order valence-electron chi connectivity index (χ2n) is 8.06. The van der Waals surface area contributed by atoms with Gasteiger partial charge in [-0.25, -0.2) is 4.79 Å². The SMILES string of the molecule is CC(C)(C)OC(=O)N1CCCc2cc(C3CCNCC3)ccc2C1. The van der Waals surface area contributed by atoms with Gasteiger partial charge in [0.25, 0.3) is 0 Å². The highest BCUT2D eigenvalue weighted by molar-refractivity contribution is 5.68. The van der Waals surface area contributed by atoms with Gasteiger partial charge in [-0.05, 0) is 82.2 Å². The molecule has 1 fully saturated rings. The second-order valence-corrected chi connectivity index (χ2v) is 8.06. The Morgan fingerprint density at radius 3 is 2.67 bits per heavy atom. The van der Waals surface area contributed by atoms with Crippen LogP contribution in [0, 0.1) is 0 Å². The molecule has 0 spiro atoms. The predicted octanol–water partition coefficient (Wildman–Crippen LogP) is 3.84. The number of fused-ring (bicyclic) bond motifs is 1.